The first-order valence-corrected chi connectivity index (χ1v) is 6.60. The second-order valence-corrected chi connectivity index (χ2v) is 4.80. The average Bonchev–Trinajstić information content (AvgIpc) is 2.93. The van der Waals surface area contributed by atoms with Crippen LogP contribution in [0.5, 0.6) is 0 Å². The fraction of sp³-hybridized carbons (Fsp3) is 0. The van der Waals surface area contributed by atoms with E-state index in [0.29, 0.717) is 5.69 Å². The van der Waals surface area contributed by atoms with Gasteiger partial charge < -0.3 is 5.73 Å². The number of halogens is 1. The first-order chi connectivity index (χ1) is 9.22. The number of rotatable bonds is 2. The molecule has 3 nitrogen and oxygen atoms in total. The van der Waals surface area contributed by atoms with Gasteiger partial charge in [-0.1, -0.05) is 0 Å². The highest BCUT2D eigenvalue weighted by Gasteiger charge is 2.07. The Morgan fingerprint density at radius 1 is 0.947 bits per heavy atom. The Morgan fingerprint density at radius 2 is 1.63 bits per heavy atom. The van der Waals surface area contributed by atoms with Crippen molar-refractivity contribution < 1.29 is 4.39 Å². The van der Waals surface area contributed by atoms with Gasteiger partial charge in [-0.25, -0.2) is 14.4 Å². The molecule has 0 fully saturated rings. The number of anilines is 1. The maximum absolute atomic E-state index is 12.9. The molecule has 19 heavy (non-hydrogen) atoms. The summed E-state index contributed by atoms with van der Waals surface area (Å²) < 4.78 is 12.9. The van der Waals surface area contributed by atoms with E-state index in [0.717, 1.165) is 16.8 Å². The van der Waals surface area contributed by atoms with E-state index in [1.807, 2.05) is 22.9 Å². The van der Waals surface area contributed by atoms with Crippen molar-refractivity contribution in [3.05, 3.63) is 53.0 Å². The maximum Gasteiger partial charge on any atom is 0.221 e. The van der Waals surface area contributed by atoms with Gasteiger partial charge in [-0.05, 0) is 41.8 Å². The number of nitrogen functional groups attached to an aromatic ring is 1. The van der Waals surface area contributed by atoms with Crippen molar-refractivity contribution in [2.75, 3.05) is 5.73 Å². The molecule has 3 aromatic rings. The minimum atomic E-state index is -0.274. The van der Waals surface area contributed by atoms with Crippen LogP contribution in [0.25, 0.3) is 22.5 Å². The number of aromatic nitrogens is 2. The molecule has 2 N–H and O–H groups in total. The molecule has 0 amide bonds. The summed E-state index contributed by atoms with van der Waals surface area (Å²) >= 11 is 1.59. The highest BCUT2D eigenvalue weighted by atomic mass is 32.1. The van der Waals surface area contributed by atoms with E-state index in [4.69, 9.17) is 5.73 Å². The minimum absolute atomic E-state index is 0.211. The molecule has 5 heteroatoms. The Morgan fingerprint density at radius 3 is 2.26 bits per heavy atom. The Hall–Kier alpha value is -2.27. The summed E-state index contributed by atoms with van der Waals surface area (Å²) in [6.45, 7) is 0. The second kappa shape index (κ2) is 4.78. The van der Waals surface area contributed by atoms with Gasteiger partial charge in [0.1, 0.15) is 5.82 Å². The lowest BCUT2D eigenvalue weighted by molar-refractivity contribution is 0.628. The van der Waals surface area contributed by atoms with Crippen LogP contribution in [-0.4, -0.2) is 9.97 Å². The van der Waals surface area contributed by atoms with Crippen molar-refractivity contribution in [1.29, 1.82) is 0 Å². The zero-order valence-corrected chi connectivity index (χ0v) is 10.7. The lowest BCUT2D eigenvalue weighted by Crippen LogP contribution is -1.98. The number of hydrogen-bond acceptors (Lipinski definition) is 4. The third-order valence-electron chi connectivity index (χ3n) is 2.70. The lowest BCUT2D eigenvalue weighted by Gasteiger charge is -2.05. The SMILES string of the molecule is Nc1nc(-c2ccc(F)cc2)cc(-c2ccsc2)n1. The molecule has 1 aromatic carbocycles. The van der Waals surface area contributed by atoms with Crippen molar-refractivity contribution in [2.45, 2.75) is 0 Å². The number of nitrogens with zero attached hydrogens (tertiary/aromatic N) is 2. The van der Waals surface area contributed by atoms with Gasteiger partial charge in [-0.15, -0.1) is 0 Å². The van der Waals surface area contributed by atoms with Gasteiger partial charge in [0, 0.05) is 16.5 Å². The average molecular weight is 271 g/mol. The molecule has 3 rings (SSSR count). The third kappa shape index (κ3) is 2.46. The molecule has 0 aliphatic heterocycles. The van der Waals surface area contributed by atoms with Gasteiger partial charge in [-0.2, -0.15) is 11.3 Å². The van der Waals surface area contributed by atoms with Gasteiger partial charge in [0.05, 0.1) is 11.4 Å². The monoisotopic (exact) mass is 271 g/mol. The van der Waals surface area contributed by atoms with E-state index in [1.165, 1.54) is 12.1 Å². The number of benzene rings is 1. The maximum atomic E-state index is 12.9. The molecule has 2 aromatic heterocycles. The Kier molecular flexibility index (Phi) is 2.97. The first kappa shape index (κ1) is 11.8. The molecule has 0 atom stereocenters. The smallest absolute Gasteiger partial charge is 0.221 e. The molecule has 0 aliphatic rings. The number of hydrogen-bond donors (Lipinski definition) is 1. The lowest BCUT2D eigenvalue weighted by atomic mass is 10.1. The van der Waals surface area contributed by atoms with E-state index in [2.05, 4.69) is 9.97 Å². The van der Waals surface area contributed by atoms with Gasteiger partial charge in [-0.3, -0.25) is 0 Å². The van der Waals surface area contributed by atoms with Crippen LogP contribution >= 0.6 is 11.3 Å². The van der Waals surface area contributed by atoms with Crippen LogP contribution < -0.4 is 5.73 Å². The van der Waals surface area contributed by atoms with E-state index in [9.17, 15) is 4.39 Å². The Labute approximate surface area is 113 Å². The fourth-order valence-corrected chi connectivity index (χ4v) is 2.44. The summed E-state index contributed by atoms with van der Waals surface area (Å²) in [6, 6.07) is 9.98. The normalized spacial score (nSPS) is 10.6. The molecule has 0 spiro atoms. The predicted molar refractivity (Wildman–Crippen MR) is 75.2 cm³/mol. The van der Waals surface area contributed by atoms with Crippen LogP contribution in [0, 0.1) is 5.82 Å². The highest BCUT2D eigenvalue weighted by Crippen LogP contribution is 2.25. The molecule has 0 aliphatic carbocycles. The van der Waals surface area contributed by atoms with Crippen molar-refractivity contribution in [1.82, 2.24) is 9.97 Å². The van der Waals surface area contributed by atoms with Crippen molar-refractivity contribution in [3.63, 3.8) is 0 Å². The zero-order chi connectivity index (χ0) is 13.2. The largest absolute Gasteiger partial charge is 0.368 e. The van der Waals surface area contributed by atoms with E-state index < -0.39 is 0 Å². The quantitative estimate of drug-likeness (QED) is 0.775. The molecule has 94 valence electrons. The summed E-state index contributed by atoms with van der Waals surface area (Å²) in [5, 5.41) is 3.97. The van der Waals surface area contributed by atoms with Crippen LogP contribution in [0.2, 0.25) is 0 Å². The number of thiophene rings is 1. The molecule has 0 radical (unpaired) electrons. The molecular formula is C14H10FN3S. The van der Waals surface area contributed by atoms with Crippen molar-refractivity contribution >= 4 is 17.3 Å². The summed E-state index contributed by atoms with van der Waals surface area (Å²) in [7, 11) is 0. The van der Waals surface area contributed by atoms with E-state index in [1.54, 1.807) is 23.5 Å². The van der Waals surface area contributed by atoms with Crippen molar-refractivity contribution in [2.24, 2.45) is 0 Å². The van der Waals surface area contributed by atoms with Crippen LogP contribution in [-0.2, 0) is 0 Å². The standard InChI is InChI=1S/C14H10FN3S/c15-11-3-1-9(2-4-11)12-7-13(18-14(16)17-12)10-5-6-19-8-10/h1-8H,(H2,16,17,18). The minimum Gasteiger partial charge on any atom is -0.368 e. The summed E-state index contributed by atoms with van der Waals surface area (Å²) in [4.78, 5) is 8.41. The number of nitrogens with two attached hydrogens (primary N) is 1. The van der Waals surface area contributed by atoms with E-state index in [-0.39, 0.29) is 11.8 Å². The van der Waals surface area contributed by atoms with Gasteiger partial charge >= 0.3 is 0 Å². The Bertz CT molecular complexity index is 693. The molecular weight excluding hydrogens is 261 g/mol. The summed E-state index contributed by atoms with van der Waals surface area (Å²) in [6.07, 6.45) is 0. The molecule has 0 unspecified atom stereocenters. The van der Waals surface area contributed by atoms with Gasteiger partial charge in [0.2, 0.25) is 5.95 Å². The summed E-state index contributed by atoms with van der Waals surface area (Å²) in [5.41, 5.74) is 9.01. The van der Waals surface area contributed by atoms with Crippen LogP contribution in [0.3, 0.4) is 0 Å². The molecule has 0 saturated carbocycles. The van der Waals surface area contributed by atoms with Crippen LogP contribution in [0.1, 0.15) is 0 Å². The fourth-order valence-electron chi connectivity index (χ4n) is 1.79. The van der Waals surface area contributed by atoms with Crippen LogP contribution in [0.4, 0.5) is 10.3 Å². The van der Waals surface area contributed by atoms with Gasteiger partial charge in [0.15, 0.2) is 0 Å². The van der Waals surface area contributed by atoms with Crippen molar-refractivity contribution in [3.8, 4) is 22.5 Å². The van der Waals surface area contributed by atoms with Gasteiger partial charge in [0.25, 0.3) is 0 Å². The zero-order valence-electron chi connectivity index (χ0n) is 9.88. The predicted octanol–water partition coefficient (Wildman–Crippen LogP) is 3.59. The second-order valence-electron chi connectivity index (χ2n) is 4.02. The summed E-state index contributed by atoms with van der Waals surface area (Å²) in [5.74, 6) is -0.0631. The first-order valence-electron chi connectivity index (χ1n) is 5.65. The molecule has 0 bridgehead atoms. The Balaban J connectivity index is 2.10. The van der Waals surface area contributed by atoms with E-state index >= 15 is 0 Å². The highest BCUT2D eigenvalue weighted by molar-refractivity contribution is 7.08. The molecule has 0 saturated heterocycles. The molecule has 2 heterocycles. The topological polar surface area (TPSA) is 51.8 Å². The van der Waals surface area contributed by atoms with Crippen LogP contribution in [0.15, 0.2) is 47.2 Å². The third-order valence-corrected chi connectivity index (χ3v) is 3.38.